The summed E-state index contributed by atoms with van der Waals surface area (Å²) >= 11 is 1.42. The number of hydrogen-bond acceptors (Lipinski definition) is 4. The molecule has 0 fully saturated rings. The molecule has 0 spiro atoms. The lowest BCUT2D eigenvalue weighted by atomic mass is 10.2. The second-order valence-electron chi connectivity index (χ2n) is 4.53. The first-order chi connectivity index (χ1) is 7.92. The zero-order valence-corrected chi connectivity index (χ0v) is 11.5. The lowest BCUT2D eigenvalue weighted by molar-refractivity contribution is -0.151. The maximum absolute atomic E-state index is 11.5. The van der Waals surface area contributed by atoms with Crippen LogP contribution >= 0.6 is 11.8 Å². The van der Waals surface area contributed by atoms with E-state index in [4.69, 9.17) is 9.47 Å². The summed E-state index contributed by atoms with van der Waals surface area (Å²) in [6.07, 6.45) is 0. The zero-order valence-electron chi connectivity index (χ0n) is 10.6. The second kappa shape index (κ2) is 5.96. The molecule has 0 radical (unpaired) electrons. The van der Waals surface area contributed by atoms with Gasteiger partial charge in [0.1, 0.15) is 11.4 Å². The Balaban J connectivity index is 2.53. The van der Waals surface area contributed by atoms with Crippen molar-refractivity contribution in [2.24, 2.45) is 0 Å². The first-order valence-corrected chi connectivity index (χ1v) is 6.38. The molecule has 0 bridgehead atoms. The van der Waals surface area contributed by atoms with Crippen molar-refractivity contribution in [1.29, 1.82) is 0 Å². The van der Waals surface area contributed by atoms with E-state index in [0.29, 0.717) is 0 Å². The highest BCUT2D eigenvalue weighted by Gasteiger charge is 2.16. The van der Waals surface area contributed by atoms with Gasteiger partial charge in [-0.05, 0) is 32.9 Å². The summed E-state index contributed by atoms with van der Waals surface area (Å²) < 4.78 is 10.4. The molecule has 0 atom stereocenters. The topological polar surface area (TPSA) is 35.5 Å². The molecule has 1 aromatic carbocycles. The molecule has 3 nitrogen and oxygen atoms in total. The highest BCUT2D eigenvalue weighted by Crippen LogP contribution is 2.28. The smallest absolute Gasteiger partial charge is 0.316 e. The molecular weight excluding hydrogens is 236 g/mol. The molecule has 0 amide bonds. The fourth-order valence-corrected chi connectivity index (χ4v) is 2.05. The summed E-state index contributed by atoms with van der Waals surface area (Å²) in [5.74, 6) is 0.854. The van der Waals surface area contributed by atoms with Gasteiger partial charge in [0.2, 0.25) is 0 Å². The summed E-state index contributed by atoms with van der Waals surface area (Å²) in [6.45, 7) is 5.58. The van der Waals surface area contributed by atoms with Crippen LogP contribution in [0.1, 0.15) is 20.8 Å². The summed E-state index contributed by atoms with van der Waals surface area (Å²) in [5, 5.41) is 0. The van der Waals surface area contributed by atoms with Crippen LogP contribution in [0.3, 0.4) is 0 Å². The number of benzene rings is 1. The third-order valence-electron chi connectivity index (χ3n) is 1.83. The van der Waals surface area contributed by atoms with Crippen molar-refractivity contribution in [3.63, 3.8) is 0 Å². The lowest BCUT2D eigenvalue weighted by Crippen LogP contribution is -2.24. The highest BCUT2D eigenvalue weighted by atomic mass is 32.2. The molecule has 94 valence electrons. The minimum absolute atomic E-state index is 0.214. The Kier molecular flexibility index (Phi) is 4.87. The van der Waals surface area contributed by atoms with Crippen molar-refractivity contribution in [3.8, 4) is 5.75 Å². The van der Waals surface area contributed by atoms with Crippen LogP contribution in [-0.4, -0.2) is 24.4 Å². The maximum atomic E-state index is 11.5. The van der Waals surface area contributed by atoms with E-state index >= 15 is 0 Å². The average Bonchev–Trinajstić information content (AvgIpc) is 2.24. The number of ether oxygens (including phenoxy) is 2. The number of para-hydroxylation sites is 1. The van der Waals surface area contributed by atoms with Crippen molar-refractivity contribution in [3.05, 3.63) is 24.3 Å². The summed E-state index contributed by atoms with van der Waals surface area (Å²) in [7, 11) is 1.62. The van der Waals surface area contributed by atoms with Gasteiger partial charge in [-0.3, -0.25) is 4.79 Å². The molecule has 0 aliphatic heterocycles. The molecule has 0 aromatic heterocycles. The van der Waals surface area contributed by atoms with Crippen LogP contribution in [0.25, 0.3) is 0 Å². The van der Waals surface area contributed by atoms with Crippen molar-refractivity contribution < 1.29 is 14.3 Å². The van der Waals surface area contributed by atoms with Crippen LogP contribution in [0.2, 0.25) is 0 Å². The Morgan fingerprint density at radius 1 is 1.29 bits per heavy atom. The predicted molar refractivity (Wildman–Crippen MR) is 69.6 cm³/mol. The molecule has 4 heteroatoms. The van der Waals surface area contributed by atoms with Gasteiger partial charge in [0.25, 0.3) is 0 Å². The fourth-order valence-electron chi connectivity index (χ4n) is 1.25. The molecule has 0 N–H and O–H groups in total. The Bertz CT molecular complexity index is 382. The van der Waals surface area contributed by atoms with E-state index in [1.165, 1.54) is 11.8 Å². The molecule has 17 heavy (non-hydrogen) atoms. The number of thioether (sulfide) groups is 1. The number of methoxy groups -OCH3 is 1. The van der Waals surface area contributed by atoms with Gasteiger partial charge >= 0.3 is 5.97 Å². The number of carbonyl (C=O) groups excluding carboxylic acids is 1. The van der Waals surface area contributed by atoms with Gasteiger partial charge in [0.15, 0.2) is 0 Å². The fraction of sp³-hybridized carbons (Fsp3) is 0.462. The Morgan fingerprint density at radius 2 is 1.94 bits per heavy atom. The maximum Gasteiger partial charge on any atom is 0.316 e. The molecular formula is C13H18O3S. The Morgan fingerprint density at radius 3 is 2.53 bits per heavy atom. The quantitative estimate of drug-likeness (QED) is 0.611. The number of esters is 1. The van der Waals surface area contributed by atoms with Crippen LogP contribution < -0.4 is 4.74 Å². The van der Waals surface area contributed by atoms with Crippen molar-refractivity contribution in [1.82, 2.24) is 0 Å². The van der Waals surface area contributed by atoms with Crippen LogP contribution in [0.15, 0.2) is 29.2 Å². The number of rotatable bonds is 4. The SMILES string of the molecule is COc1ccccc1SCC(=O)OC(C)(C)C. The summed E-state index contributed by atoms with van der Waals surface area (Å²) in [4.78, 5) is 12.5. The minimum atomic E-state index is -0.432. The van der Waals surface area contributed by atoms with Gasteiger partial charge in [0.05, 0.1) is 12.9 Å². The van der Waals surface area contributed by atoms with Gasteiger partial charge in [-0.1, -0.05) is 12.1 Å². The van der Waals surface area contributed by atoms with E-state index in [9.17, 15) is 4.79 Å². The Labute approximate surface area is 106 Å². The van der Waals surface area contributed by atoms with E-state index in [1.807, 2.05) is 45.0 Å². The molecule has 0 unspecified atom stereocenters. The molecule has 1 rings (SSSR count). The highest BCUT2D eigenvalue weighted by molar-refractivity contribution is 8.00. The standard InChI is InChI=1S/C13H18O3S/c1-13(2,3)16-12(14)9-17-11-8-6-5-7-10(11)15-4/h5-8H,9H2,1-4H3. The van der Waals surface area contributed by atoms with Crippen molar-refractivity contribution in [2.75, 3.05) is 12.9 Å². The van der Waals surface area contributed by atoms with E-state index in [-0.39, 0.29) is 11.7 Å². The van der Waals surface area contributed by atoms with Crippen molar-refractivity contribution in [2.45, 2.75) is 31.3 Å². The summed E-state index contributed by atoms with van der Waals surface area (Å²) in [5.41, 5.74) is -0.432. The van der Waals surface area contributed by atoms with Gasteiger partial charge in [-0.2, -0.15) is 0 Å². The molecule has 0 heterocycles. The largest absolute Gasteiger partial charge is 0.496 e. The minimum Gasteiger partial charge on any atom is -0.496 e. The normalized spacial score (nSPS) is 11.1. The van der Waals surface area contributed by atoms with E-state index in [0.717, 1.165) is 10.6 Å². The number of carbonyl (C=O) groups is 1. The first kappa shape index (κ1) is 13.9. The van der Waals surface area contributed by atoms with Crippen LogP contribution in [0.5, 0.6) is 5.75 Å². The Hall–Kier alpha value is -1.16. The molecule has 0 saturated heterocycles. The number of hydrogen-bond donors (Lipinski definition) is 0. The van der Waals surface area contributed by atoms with Crippen LogP contribution in [0.4, 0.5) is 0 Å². The van der Waals surface area contributed by atoms with E-state index in [2.05, 4.69) is 0 Å². The molecule has 1 aromatic rings. The van der Waals surface area contributed by atoms with E-state index in [1.54, 1.807) is 7.11 Å². The van der Waals surface area contributed by atoms with Crippen molar-refractivity contribution >= 4 is 17.7 Å². The zero-order chi connectivity index (χ0) is 12.9. The van der Waals surface area contributed by atoms with Gasteiger partial charge in [-0.15, -0.1) is 11.8 Å². The van der Waals surface area contributed by atoms with Gasteiger partial charge in [0, 0.05) is 4.90 Å². The third kappa shape index (κ3) is 5.13. The molecule has 0 saturated carbocycles. The molecule has 0 aliphatic carbocycles. The van der Waals surface area contributed by atoms with E-state index < -0.39 is 5.60 Å². The van der Waals surface area contributed by atoms with Crippen LogP contribution in [-0.2, 0) is 9.53 Å². The monoisotopic (exact) mass is 254 g/mol. The van der Waals surface area contributed by atoms with Gasteiger partial charge in [-0.25, -0.2) is 0 Å². The lowest BCUT2D eigenvalue weighted by Gasteiger charge is -2.19. The third-order valence-corrected chi connectivity index (χ3v) is 2.86. The first-order valence-electron chi connectivity index (χ1n) is 5.40. The van der Waals surface area contributed by atoms with Gasteiger partial charge < -0.3 is 9.47 Å². The van der Waals surface area contributed by atoms with Crippen LogP contribution in [0, 0.1) is 0 Å². The predicted octanol–water partition coefficient (Wildman–Crippen LogP) is 3.13. The summed E-state index contributed by atoms with van der Waals surface area (Å²) in [6, 6.07) is 7.61. The average molecular weight is 254 g/mol. The molecule has 0 aliphatic rings. The second-order valence-corrected chi connectivity index (χ2v) is 5.54.